The van der Waals surface area contributed by atoms with Crippen molar-refractivity contribution in [2.24, 2.45) is 0 Å². The number of benzene rings is 1. The summed E-state index contributed by atoms with van der Waals surface area (Å²) in [6.45, 7) is 0.546. The topological polar surface area (TPSA) is 81.5 Å². The van der Waals surface area contributed by atoms with Crippen molar-refractivity contribution in [1.82, 2.24) is 9.97 Å². The molecule has 0 radical (unpaired) electrons. The van der Waals surface area contributed by atoms with E-state index >= 15 is 0 Å². The van der Waals surface area contributed by atoms with Crippen LogP contribution in [0.2, 0.25) is 0 Å². The van der Waals surface area contributed by atoms with Gasteiger partial charge in [0.1, 0.15) is 5.75 Å². The van der Waals surface area contributed by atoms with Crippen LogP contribution in [0.25, 0.3) is 11.1 Å². The molecular formula is C23H22N2O4. The Labute approximate surface area is 169 Å². The quantitative estimate of drug-likeness (QED) is 0.632. The second kappa shape index (κ2) is 8.41. The Morgan fingerprint density at radius 2 is 1.97 bits per heavy atom. The first kappa shape index (κ1) is 19.1. The molecule has 4 rings (SSSR count). The Morgan fingerprint density at radius 1 is 1.14 bits per heavy atom. The van der Waals surface area contributed by atoms with Gasteiger partial charge >= 0.3 is 5.97 Å². The molecule has 0 fully saturated rings. The zero-order chi connectivity index (χ0) is 20.2. The van der Waals surface area contributed by atoms with Crippen LogP contribution in [-0.4, -0.2) is 40.9 Å². The summed E-state index contributed by atoms with van der Waals surface area (Å²) < 4.78 is 10.9. The van der Waals surface area contributed by atoms with Crippen LogP contribution in [0.15, 0.2) is 61.1 Å². The van der Waals surface area contributed by atoms with E-state index in [1.165, 1.54) is 23.8 Å². The molecule has 0 saturated carbocycles. The van der Waals surface area contributed by atoms with E-state index in [0.717, 1.165) is 23.4 Å². The number of carboxylic acids is 1. The van der Waals surface area contributed by atoms with E-state index in [9.17, 15) is 4.79 Å². The zero-order valence-corrected chi connectivity index (χ0v) is 16.1. The van der Waals surface area contributed by atoms with Gasteiger partial charge in [0.05, 0.1) is 12.3 Å². The van der Waals surface area contributed by atoms with Crippen LogP contribution in [0, 0.1) is 0 Å². The summed E-state index contributed by atoms with van der Waals surface area (Å²) in [6, 6.07) is 13.6. The van der Waals surface area contributed by atoms with E-state index < -0.39 is 12.1 Å². The fourth-order valence-corrected chi connectivity index (χ4v) is 3.79. The van der Waals surface area contributed by atoms with Gasteiger partial charge in [0.25, 0.3) is 0 Å². The molecule has 0 aliphatic heterocycles. The second-order valence-electron chi connectivity index (χ2n) is 7.00. The highest BCUT2D eigenvalue weighted by atomic mass is 16.5. The van der Waals surface area contributed by atoms with Gasteiger partial charge in [-0.2, -0.15) is 0 Å². The van der Waals surface area contributed by atoms with Gasteiger partial charge in [-0.3, -0.25) is 9.97 Å². The van der Waals surface area contributed by atoms with Crippen LogP contribution in [-0.2, 0) is 16.0 Å². The molecular weight excluding hydrogens is 368 g/mol. The molecule has 6 heteroatoms. The van der Waals surface area contributed by atoms with Crippen LogP contribution in [0.4, 0.5) is 0 Å². The Hall–Kier alpha value is -3.25. The second-order valence-corrected chi connectivity index (χ2v) is 7.00. The van der Waals surface area contributed by atoms with Crippen LogP contribution >= 0.6 is 0 Å². The molecule has 1 aromatic carbocycles. The zero-order valence-electron chi connectivity index (χ0n) is 16.1. The first-order valence-corrected chi connectivity index (χ1v) is 9.54. The third kappa shape index (κ3) is 3.98. The van der Waals surface area contributed by atoms with Crippen LogP contribution in [0.1, 0.15) is 29.2 Å². The first-order valence-electron chi connectivity index (χ1n) is 9.54. The van der Waals surface area contributed by atoms with E-state index in [1.807, 2.05) is 55.0 Å². The van der Waals surface area contributed by atoms with Crippen molar-refractivity contribution >= 4 is 5.97 Å². The lowest BCUT2D eigenvalue weighted by Crippen LogP contribution is -2.24. The Bertz CT molecular complexity index is 958. The molecule has 1 N–H and O–H groups in total. The monoisotopic (exact) mass is 390 g/mol. The van der Waals surface area contributed by atoms with Crippen LogP contribution in [0.5, 0.6) is 5.75 Å². The molecule has 29 heavy (non-hydrogen) atoms. The number of rotatable bonds is 8. The number of fused-ring (bicyclic) bond motifs is 3. The number of aliphatic carboxylic acids is 1. The van der Waals surface area contributed by atoms with E-state index in [0.29, 0.717) is 13.0 Å². The van der Waals surface area contributed by atoms with Crippen molar-refractivity contribution < 1.29 is 19.4 Å². The minimum Gasteiger partial charge on any atom is -0.494 e. The number of carbonyl (C=O) groups is 1. The van der Waals surface area contributed by atoms with Gasteiger partial charge in [0, 0.05) is 43.6 Å². The van der Waals surface area contributed by atoms with Crippen molar-refractivity contribution in [3.05, 3.63) is 77.9 Å². The molecule has 1 aliphatic carbocycles. The third-order valence-corrected chi connectivity index (χ3v) is 5.27. The molecule has 0 saturated heterocycles. The summed E-state index contributed by atoms with van der Waals surface area (Å²) in [6.07, 6.45) is 5.84. The van der Waals surface area contributed by atoms with Gasteiger partial charge in [0.15, 0.2) is 6.10 Å². The lowest BCUT2D eigenvalue weighted by molar-refractivity contribution is -0.148. The minimum absolute atomic E-state index is 0.173. The third-order valence-electron chi connectivity index (χ3n) is 5.27. The summed E-state index contributed by atoms with van der Waals surface area (Å²) in [5.74, 6) is -0.0380. The summed E-state index contributed by atoms with van der Waals surface area (Å²) in [4.78, 5) is 20.0. The number of aromatic nitrogens is 2. The Morgan fingerprint density at radius 3 is 2.72 bits per heavy atom. The van der Waals surface area contributed by atoms with Crippen LogP contribution in [0.3, 0.4) is 0 Å². The normalized spacial score (nSPS) is 15.4. The van der Waals surface area contributed by atoms with Gasteiger partial charge in [0.2, 0.25) is 0 Å². The average Bonchev–Trinajstić information content (AvgIpc) is 3.07. The van der Waals surface area contributed by atoms with Crippen molar-refractivity contribution in [3.63, 3.8) is 0 Å². The molecule has 2 atom stereocenters. The number of nitrogens with zero attached hydrogens (tertiary/aromatic N) is 2. The first-order chi connectivity index (χ1) is 14.2. The summed E-state index contributed by atoms with van der Waals surface area (Å²) >= 11 is 0. The molecule has 2 heterocycles. The van der Waals surface area contributed by atoms with Gasteiger partial charge in [-0.05, 0) is 47.4 Å². The van der Waals surface area contributed by atoms with E-state index in [-0.39, 0.29) is 5.92 Å². The molecule has 0 spiro atoms. The maximum Gasteiger partial charge on any atom is 0.333 e. The Balaban J connectivity index is 1.39. The lowest BCUT2D eigenvalue weighted by Gasteiger charge is -2.14. The summed E-state index contributed by atoms with van der Waals surface area (Å²) in [7, 11) is 1.40. The number of hydrogen-bond donors (Lipinski definition) is 1. The fourth-order valence-electron chi connectivity index (χ4n) is 3.79. The average molecular weight is 390 g/mol. The molecule has 2 aromatic heterocycles. The standard InChI is InChI=1S/C23H22N2O4/c1-28-21(23(26)27)13-15-4-6-16(7-5-15)29-12-9-19-20-14-24-11-8-17(20)18-3-2-10-25-22(18)19/h2-8,10-11,14,19,21H,9,12-13H2,1H3,(H,26,27). The van der Waals surface area contributed by atoms with E-state index in [2.05, 4.69) is 16.0 Å². The molecule has 2 unspecified atom stereocenters. The molecule has 0 amide bonds. The molecule has 1 aliphatic rings. The largest absolute Gasteiger partial charge is 0.494 e. The van der Waals surface area contributed by atoms with E-state index in [4.69, 9.17) is 14.6 Å². The number of ether oxygens (including phenoxy) is 2. The molecule has 0 bridgehead atoms. The van der Waals surface area contributed by atoms with Gasteiger partial charge < -0.3 is 14.6 Å². The highest BCUT2D eigenvalue weighted by Crippen LogP contribution is 2.44. The lowest BCUT2D eigenvalue weighted by atomic mass is 9.98. The van der Waals surface area contributed by atoms with Crippen molar-refractivity contribution in [1.29, 1.82) is 0 Å². The SMILES string of the molecule is COC(Cc1ccc(OCCC2c3cnccc3-c3cccnc32)cc1)C(=O)O. The van der Waals surface area contributed by atoms with Crippen molar-refractivity contribution in [3.8, 4) is 16.9 Å². The van der Waals surface area contributed by atoms with Crippen molar-refractivity contribution in [2.75, 3.05) is 13.7 Å². The van der Waals surface area contributed by atoms with Crippen molar-refractivity contribution in [2.45, 2.75) is 24.9 Å². The molecule has 6 nitrogen and oxygen atoms in total. The summed E-state index contributed by atoms with van der Waals surface area (Å²) in [5.41, 5.74) is 5.53. The number of carboxylic acid groups (broad SMARTS) is 1. The van der Waals surface area contributed by atoms with E-state index in [1.54, 1.807) is 0 Å². The maximum atomic E-state index is 11.1. The van der Waals surface area contributed by atoms with Gasteiger partial charge in [-0.1, -0.05) is 18.2 Å². The molecule has 3 aromatic rings. The highest BCUT2D eigenvalue weighted by Gasteiger charge is 2.29. The Kier molecular flexibility index (Phi) is 5.53. The number of hydrogen-bond acceptors (Lipinski definition) is 5. The summed E-state index contributed by atoms with van der Waals surface area (Å²) in [5, 5.41) is 9.09. The maximum absolute atomic E-state index is 11.1. The fraction of sp³-hybridized carbons (Fsp3) is 0.261. The van der Waals surface area contributed by atoms with Crippen LogP contribution < -0.4 is 4.74 Å². The smallest absolute Gasteiger partial charge is 0.333 e. The number of pyridine rings is 2. The highest BCUT2D eigenvalue weighted by molar-refractivity contribution is 5.76. The predicted molar refractivity (Wildman–Crippen MR) is 108 cm³/mol. The molecule has 148 valence electrons. The minimum atomic E-state index is -0.965. The van der Waals surface area contributed by atoms with Gasteiger partial charge in [-0.15, -0.1) is 0 Å². The number of methoxy groups -OCH3 is 1. The van der Waals surface area contributed by atoms with Gasteiger partial charge in [-0.25, -0.2) is 4.79 Å². The predicted octanol–water partition coefficient (Wildman–Crippen LogP) is 3.70.